The van der Waals surface area contributed by atoms with Crippen LogP contribution < -0.4 is 4.90 Å². The predicted octanol–water partition coefficient (Wildman–Crippen LogP) is 1.67. The van der Waals surface area contributed by atoms with E-state index in [2.05, 4.69) is 0 Å². The zero-order chi connectivity index (χ0) is 13.8. The van der Waals surface area contributed by atoms with E-state index in [0.29, 0.717) is 12.1 Å². The van der Waals surface area contributed by atoms with E-state index >= 15 is 0 Å². The Labute approximate surface area is 111 Å². The second kappa shape index (κ2) is 5.84. The lowest BCUT2D eigenvalue weighted by atomic mass is 10.1. The summed E-state index contributed by atoms with van der Waals surface area (Å²) in [7, 11) is 0. The summed E-state index contributed by atoms with van der Waals surface area (Å²) in [5.41, 5.74) is 0.582. The van der Waals surface area contributed by atoms with E-state index < -0.39 is 12.1 Å². The maximum absolute atomic E-state index is 12.4. The average molecular weight is 263 g/mol. The van der Waals surface area contributed by atoms with Crippen molar-refractivity contribution in [3.05, 3.63) is 30.3 Å². The molecular weight excluding hydrogens is 246 g/mol. The zero-order valence-corrected chi connectivity index (χ0v) is 10.8. The molecule has 5 nitrogen and oxygen atoms in total. The van der Waals surface area contributed by atoms with Gasteiger partial charge in [0.25, 0.3) is 5.91 Å². The molecule has 1 aliphatic heterocycles. The largest absolute Gasteiger partial charge is 0.480 e. The van der Waals surface area contributed by atoms with E-state index in [9.17, 15) is 9.59 Å². The van der Waals surface area contributed by atoms with Crippen LogP contribution in [0.25, 0.3) is 0 Å². The van der Waals surface area contributed by atoms with E-state index in [1.54, 1.807) is 24.3 Å². The molecule has 1 aromatic rings. The number of anilines is 1. The molecule has 19 heavy (non-hydrogen) atoms. The number of nitrogens with zero attached hydrogens (tertiary/aromatic N) is 1. The van der Waals surface area contributed by atoms with Crippen LogP contribution in [0.4, 0.5) is 5.69 Å². The van der Waals surface area contributed by atoms with Crippen LogP contribution in [0.1, 0.15) is 19.8 Å². The van der Waals surface area contributed by atoms with E-state index in [0.717, 1.165) is 6.42 Å². The monoisotopic (exact) mass is 263 g/mol. The highest BCUT2D eigenvalue weighted by Gasteiger charge is 2.33. The van der Waals surface area contributed by atoms with Gasteiger partial charge in [0.2, 0.25) is 0 Å². The number of para-hydroxylation sites is 1. The summed E-state index contributed by atoms with van der Waals surface area (Å²) >= 11 is 0. The van der Waals surface area contributed by atoms with Crippen LogP contribution in [0.5, 0.6) is 0 Å². The quantitative estimate of drug-likeness (QED) is 0.897. The summed E-state index contributed by atoms with van der Waals surface area (Å²) in [5, 5.41) is 8.95. The number of ether oxygens (including phenoxy) is 1. The summed E-state index contributed by atoms with van der Waals surface area (Å²) in [4.78, 5) is 24.6. The Balaban J connectivity index is 2.18. The number of carbonyl (C=O) groups excluding carboxylic acids is 1. The molecule has 0 aromatic heterocycles. The first kappa shape index (κ1) is 13.5. The first-order chi connectivity index (χ1) is 9.08. The van der Waals surface area contributed by atoms with Crippen molar-refractivity contribution in [3.63, 3.8) is 0 Å². The number of rotatable bonds is 4. The van der Waals surface area contributed by atoms with Crippen LogP contribution in [0.15, 0.2) is 30.3 Å². The van der Waals surface area contributed by atoms with Crippen molar-refractivity contribution in [2.75, 3.05) is 11.4 Å². The number of hydrogen-bond donors (Lipinski definition) is 1. The lowest BCUT2D eigenvalue weighted by Crippen LogP contribution is -2.42. The molecule has 0 unspecified atom stereocenters. The Morgan fingerprint density at radius 3 is 2.53 bits per heavy atom. The molecule has 1 N–H and O–H groups in total. The van der Waals surface area contributed by atoms with Crippen molar-refractivity contribution < 1.29 is 19.4 Å². The molecule has 0 spiro atoms. The standard InChI is InChI=1S/C14H17NO4/c1-10-7-8-12(19-10)14(18)15(9-13(16)17)11-5-3-2-4-6-11/h2-6,10,12H,7-9H2,1H3,(H,16,17)/t10-,12-/m1/s1. The van der Waals surface area contributed by atoms with Crippen molar-refractivity contribution in [2.45, 2.75) is 32.0 Å². The van der Waals surface area contributed by atoms with E-state index in [1.165, 1.54) is 4.90 Å². The molecule has 2 atom stereocenters. The van der Waals surface area contributed by atoms with Gasteiger partial charge in [-0.25, -0.2) is 0 Å². The van der Waals surface area contributed by atoms with Gasteiger partial charge in [-0.1, -0.05) is 18.2 Å². The minimum absolute atomic E-state index is 0.0522. The molecule has 1 amide bonds. The van der Waals surface area contributed by atoms with E-state index in [-0.39, 0.29) is 18.6 Å². The summed E-state index contributed by atoms with van der Waals surface area (Å²) in [5.74, 6) is -1.32. The fourth-order valence-corrected chi connectivity index (χ4v) is 2.20. The molecule has 1 aliphatic rings. The third-order valence-electron chi connectivity index (χ3n) is 3.13. The van der Waals surface area contributed by atoms with Gasteiger partial charge in [-0.2, -0.15) is 0 Å². The van der Waals surface area contributed by atoms with Crippen molar-refractivity contribution in [1.82, 2.24) is 0 Å². The highest BCUT2D eigenvalue weighted by Crippen LogP contribution is 2.23. The minimum atomic E-state index is -1.04. The van der Waals surface area contributed by atoms with Crippen molar-refractivity contribution in [3.8, 4) is 0 Å². The van der Waals surface area contributed by atoms with Crippen LogP contribution in [0, 0.1) is 0 Å². The fourth-order valence-electron chi connectivity index (χ4n) is 2.20. The van der Waals surface area contributed by atoms with E-state index in [4.69, 9.17) is 9.84 Å². The van der Waals surface area contributed by atoms with Crippen LogP contribution in [-0.4, -0.2) is 35.7 Å². The van der Waals surface area contributed by atoms with Gasteiger partial charge < -0.3 is 9.84 Å². The summed E-state index contributed by atoms with van der Waals surface area (Å²) in [6, 6.07) is 8.81. The number of carboxylic acids is 1. The van der Waals surface area contributed by atoms with Crippen molar-refractivity contribution >= 4 is 17.6 Å². The highest BCUT2D eigenvalue weighted by atomic mass is 16.5. The average Bonchev–Trinajstić information content (AvgIpc) is 2.83. The molecule has 0 bridgehead atoms. The van der Waals surface area contributed by atoms with Crippen LogP contribution in [0.2, 0.25) is 0 Å². The number of benzene rings is 1. The molecule has 0 aliphatic carbocycles. The summed E-state index contributed by atoms with van der Waals surface area (Å²) in [6.45, 7) is 1.56. The van der Waals surface area contributed by atoms with Gasteiger partial charge in [0, 0.05) is 5.69 Å². The number of amides is 1. The molecule has 0 radical (unpaired) electrons. The van der Waals surface area contributed by atoms with Crippen LogP contribution in [0.3, 0.4) is 0 Å². The number of hydrogen-bond acceptors (Lipinski definition) is 3. The number of carboxylic acid groups (broad SMARTS) is 1. The number of carbonyl (C=O) groups is 2. The molecule has 1 fully saturated rings. The van der Waals surface area contributed by atoms with Crippen molar-refractivity contribution in [1.29, 1.82) is 0 Å². The number of aliphatic carboxylic acids is 1. The molecule has 2 rings (SSSR count). The molecule has 0 saturated carbocycles. The zero-order valence-electron chi connectivity index (χ0n) is 10.8. The topological polar surface area (TPSA) is 66.8 Å². The third-order valence-corrected chi connectivity index (χ3v) is 3.13. The van der Waals surface area contributed by atoms with Gasteiger partial charge in [0.1, 0.15) is 12.6 Å². The Kier molecular flexibility index (Phi) is 4.16. The Bertz CT molecular complexity index is 460. The van der Waals surface area contributed by atoms with Crippen LogP contribution in [-0.2, 0) is 14.3 Å². The Hall–Kier alpha value is -1.88. The van der Waals surface area contributed by atoms with Gasteiger partial charge in [-0.05, 0) is 31.9 Å². The van der Waals surface area contributed by atoms with Crippen molar-refractivity contribution in [2.24, 2.45) is 0 Å². The molecule has 5 heteroatoms. The molecule has 1 aromatic carbocycles. The van der Waals surface area contributed by atoms with Crippen LogP contribution >= 0.6 is 0 Å². The minimum Gasteiger partial charge on any atom is -0.480 e. The van der Waals surface area contributed by atoms with Gasteiger partial charge >= 0.3 is 5.97 Å². The molecular formula is C14H17NO4. The predicted molar refractivity (Wildman–Crippen MR) is 70.0 cm³/mol. The first-order valence-electron chi connectivity index (χ1n) is 6.31. The third kappa shape index (κ3) is 3.32. The molecule has 1 saturated heterocycles. The fraction of sp³-hybridized carbons (Fsp3) is 0.429. The van der Waals surface area contributed by atoms with E-state index in [1.807, 2.05) is 13.0 Å². The van der Waals surface area contributed by atoms with Gasteiger partial charge in [0.05, 0.1) is 6.10 Å². The Morgan fingerprint density at radius 1 is 1.32 bits per heavy atom. The summed E-state index contributed by atoms with van der Waals surface area (Å²) < 4.78 is 5.52. The van der Waals surface area contributed by atoms with Gasteiger partial charge in [0.15, 0.2) is 0 Å². The maximum atomic E-state index is 12.4. The molecule has 102 valence electrons. The lowest BCUT2D eigenvalue weighted by Gasteiger charge is -2.24. The second-order valence-corrected chi connectivity index (χ2v) is 4.67. The molecule has 1 heterocycles. The lowest BCUT2D eigenvalue weighted by molar-refractivity contribution is -0.138. The maximum Gasteiger partial charge on any atom is 0.323 e. The first-order valence-corrected chi connectivity index (χ1v) is 6.31. The highest BCUT2D eigenvalue weighted by molar-refractivity contribution is 6.00. The smallest absolute Gasteiger partial charge is 0.323 e. The SMILES string of the molecule is C[C@@H]1CC[C@H](C(=O)N(CC(=O)O)c2ccccc2)O1. The Morgan fingerprint density at radius 2 is 2.00 bits per heavy atom. The normalized spacial score (nSPS) is 22.2. The summed E-state index contributed by atoms with van der Waals surface area (Å²) in [6.07, 6.45) is 0.987. The van der Waals surface area contributed by atoms with Gasteiger partial charge in [-0.3, -0.25) is 14.5 Å². The second-order valence-electron chi connectivity index (χ2n) is 4.67. The van der Waals surface area contributed by atoms with Gasteiger partial charge in [-0.15, -0.1) is 0 Å².